The molecule has 0 radical (unpaired) electrons. The van der Waals surface area contributed by atoms with E-state index >= 15 is 0 Å². The molecule has 7 heteroatoms. The molecule has 1 aromatic heterocycles. The van der Waals surface area contributed by atoms with E-state index in [1.807, 2.05) is 30.3 Å². The monoisotopic (exact) mass is 259 g/mol. The van der Waals surface area contributed by atoms with Crippen molar-refractivity contribution in [2.75, 3.05) is 7.05 Å². The maximum Gasteiger partial charge on any atom is 0.368 e. The third-order valence-electron chi connectivity index (χ3n) is 2.70. The highest BCUT2D eigenvalue weighted by Gasteiger charge is 2.43. The van der Waals surface area contributed by atoms with Crippen molar-refractivity contribution in [2.24, 2.45) is 15.5 Å². The summed E-state index contributed by atoms with van der Waals surface area (Å²) in [5.74, 6) is 0.313. The predicted molar refractivity (Wildman–Crippen MR) is 65.6 cm³/mol. The summed E-state index contributed by atoms with van der Waals surface area (Å²) in [7, 11) is 1.56. The fourth-order valence-corrected chi connectivity index (χ4v) is 1.92. The summed E-state index contributed by atoms with van der Waals surface area (Å²) in [5, 5.41) is 12.2. The smallest absolute Gasteiger partial charge is 0.368 e. The normalized spacial score (nSPS) is 21.7. The zero-order valence-electron chi connectivity index (χ0n) is 10.4. The molecular weight excluding hydrogens is 248 g/mol. The van der Waals surface area contributed by atoms with Crippen LogP contribution in [0.3, 0.4) is 0 Å². The van der Waals surface area contributed by atoms with Crippen molar-refractivity contribution >= 4 is 22.8 Å². The second-order valence-corrected chi connectivity index (χ2v) is 4.21. The minimum Gasteiger partial charge on any atom is -0.448 e. The van der Waals surface area contributed by atoms with Crippen LogP contribution in [0.5, 0.6) is 0 Å². The first kappa shape index (κ1) is 11.5. The lowest BCUT2D eigenvalue weighted by Crippen LogP contribution is -2.43. The van der Waals surface area contributed by atoms with Crippen molar-refractivity contribution in [2.45, 2.75) is 6.92 Å². The van der Waals surface area contributed by atoms with Gasteiger partial charge in [-0.05, 0) is 6.07 Å². The van der Waals surface area contributed by atoms with Gasteiger partial charge in [-0.2, -0.15) is 0 Å². The Bertz CT molecular complexity index is 686. The number of fused-ring (bicyclic) bond motifs is 1. The van der Waals surface area contributed by atoms with E-state index in [-0.39, 0.29) is 0 Å². The SMILES string of the molecule is CC(=O)O[N+]1(C)N=NN=C1c1cc2ccccc2o1. The Morgan fingerprint density at radius 2 is 2.16 bits per heavy atom. The van der Waals surface area contributed by atoms with Crippen LogP contribution in [0, 0.1) is 0 Å². The number of furan rings is 1. The molecule has 1 aliphatic rings. The van der Waals surface area contributed by atoms with Gasteiger partial charge < -0.3 is 4.42 Å². The number of nitrogens with zero attached hydrogens (tertiary/aromatic N) is 4. The lowest BCUT2D eigenvalue weighted by Gasteiger charge is -2.16. The third-order valence-corrected chi connectivity index (χ3v) is 2.70. The molecule has 3 rings (SSSR count). The van der Waals surface area contributed by atoms with Crippen LogP contribution in [-0.4, -0.2) is 23.6 Å². The van der Waals surface area contributed by atoms with Gasteiger partial charge in [0.05, 0.1) is 4.76 Å². The van der Waals surface area contributed by atoms with Crippen LogP contribution in [0.2, 0.25) is 0 Å². The van der Waals surface area contributed by atoms with Crippen LogP contribution in [0.1, 0.15) is 12.7 Å². The minimum absolute atomic E-state index is 0.325. The highest BCUT2D eigenvalue weighted by molar-refractivity contribution is 5.95. The first-order valence-corrected chi connectivity index (χ1v) is 5.65. The molecule has 0 saturated carbocycles. The topological polar surface area (TPSA) is 76.5 Å². The van der Waals surface area contributed by atoms with Gasteiger partial charge in [0.1, 0.15) is 17.9 Å². The maximum absolute atomic E-state index is 11.1. The van der Waals surface area contributed by atoms with Crippen molar-refractivity contribution in [1.29, 1.82) is 0 Å². The molecule has 0 aliphatic carbocycles. The van der Waals surface area contributed by atoms with Crippen LogP contribution in [0.25, 0.3) is 11.0 Å². The van der Waals surface area contributed by atoms with Crippen molar-refractivity contribution < 1.29 is 18.8 Å². The number of hydrogen-bond donors (Lipinski definition) is 0. The summed E-state index contributed by atoms with van der Waals surface area (Å²) in [6.07, 6.45) is 0. The summed E-state index contributed by atoms with van der Waals surface area (Å²) in [6, 6.07) is 9.36. The summed E-state index contributed by atoms with van der Waals surface area (Å²) in [6.45, 7) is 1.30. The number of carbonyl (C=O) groups excluding carboxylic acids is 1. The molecule has 0 bridgehead atoms. The molecule has 96 valence electrons. The van der Waals surface area contributed by atoms with Crippen molar-refractivity contribution in [3.8, 4) is 0 Å². The Labute approximate surface area is 108 Å². The third kappa shape index (κ3) is 1.89. The number of benzene rings is 1. The van der Waals surface area contributed by atoms with Gasteiger partial charge >= 0.3 is 11.8 Å². The Morgan fingerprint density at radius 3 is 2.89 bits per heavy atom. The molecule has 0 spiro atoms. The highest BCUT2D eigenvalue weighted by atomic mass is 16.8. The molecule has 1 unspecified atom stereocenters. The van der Waals surface area contributed by atoms with Gasteiger partial charge in [-0.1, -0.05) is 23.3 Å². The van der Waals surface area contributed by atoms with Gasteiger partial charge in [0.15, 0.2) is 0 Å². The minimum atomic E-state index is -0.505. The predicted octanol–water partition coefficient (Wildman–Crippen LogP) is 2.40. The van der Waals surface area contributed by atoms with Crippen LogP contribution in [0.15, 0.2) is 50.3 Å². The Morgan fingerprint density at radius 1 is 1.37 bits per heavy atom. The molecule has 1 aliphatic heterocycles. The first-order chi connectivity index (χ1) is 9.08. The van der Waals surface area contributed by atoms with Gasteiger partial charge in [0, 0.05) is 23.6 Å². The van der Waals surface area contributed by atoms with Crippen LogP contribution >= 0.6 is 0 Å². The van der Waals surface area contributed by atoms with Crippen LogP contribution in [-0.2, 0) is 9.63 Å². The lowest BCUT2D eigenvalue weighted by atomic mass is 10.2. The maximum atomic E-state index is 11.1. The first-order valence-electron chi connectivity index (χ1n) is 5.65. The molecule has 1 aromatic carbocycles. The molecular formula is C12H11N4O3+. The van der Waals surface area contributed by atoms with E-state index in [0.717, 1.165) is 11.0 Å². The molecule has 0 amide bonds. The molecule has 2 aromatic rings. The van der Waals surface area contributed by atoms with Gasteiger partial charge in [-0.25, -0.2) is 9.63 Å². The summed E-state index contributed by atoms with van der Waals surface area (Å²) in [4.78, 5) is 16.2. The number of hydrogen-bond acceptors (Lipinski definition) is 6. The summed E-state index contributed by atoms with van der Waals surface area (Å²) in [5.41, 5.74) is 0.724. The quantitative estimate of drug-likeness (QED) is 0.777. The molecule has 7 nitrogen and oxygen atoms in total. The van der Waals surface area contributed by atoms with Crippen molar-refractivity contribution in [1.82, 2.24) is 0 Å². The Balaban J connectivity index is 2.04. The molecule has 0 N–H and O–H groups in total. The average molecular weight is 259 g/mol. The van der Waals surface area contributed by atoms with E-state index in [2.05, 4.69) is 15.5 Å². The second-order valence-electron chi connectivity index (χ2n) is 4.21. The number of para-hydroxylation sites is 1. The lowest BCUT2D eigenvalue weighted by molar-refractivity contribution is -1.01. The number of amidine groups is 1. The number of hydroxylamine groups is 2. The van der Waals surface area contributed by atoms with E-state index in [0.29, 0.717) is 11.6 Å². The number of carbonyl (C=O) groups is 1. The summed E-state index contributed by atoms with van der Waals surface area (Å²) >= 11 is 0. The van der Waals surface area contributed by atoms with Crippen LogP contribution < -0.4 is 0 Å². The number of quaternary nitrogens is 1. The Kier molecular flexibility index (Phi) is 2.42. The zero-order valence-corrected chi connectivity index (χ0v) is 10.4. The fraction of sp³-hybridized carbons (Fsp3) is 0.167. The standard InChI is InChI=1S/C12H11N4O3/c1-8(17)19-16(2)12(13-14-15-16)11-7-9-5-3-4-6-10(9)18-11/h3-7H,1-2H3/q+1. The zero-order chi connectivity index (χ0) is 13.5. The molecule has 1 atom stereocenters. The largest absolute Gasteiger partial charge is 0.448 e. The summed E-state index contributed by atoms with van der Waals surface area (Å²) < 4.78 is 5.17. The van der Waals surface area contributed by atoms with Gasteiger partial charge in [-0.15, -0.1) is 0 Å². The van der Waals surface area contributed by atoms with E-state index < -0.39 is 10.7 Å². The van der Waals surface area contributed by atoms with Crippen LogP contribution in [0.4, 0.5) is 0 Å². The van der Waals surface area contributed by atoms with E-state index in [4.69, 9.17) is 9.25 Å². The Hall–Kier alpha value is -2.54. The van der Waals surface area contributed by atoms with Crippen molar-refractivity contribution in [3.63, 3.8) is 0 Å². The number of rotatable bonds is 2. The molecule has 0 saturated heterocycles. The van der Waals surface area contributed by atoms with Gasteiger partial charge in [0.2, 0.25) is 5.76 Å². The average Bonchev–Trinajstić information content (AvgIpc) is 2.90. The van der Waals surface area contributed by atoms with Gasteiger partial charge in [0.25, 0.3) is 0 Å². The van der Waals surface area contributed by atoms with Crippen molar-refractivity contribution in [3.05, 3.63) is 36.1 Å². The van der Waals surface area contributed by atoms with E-state index in [9.17, 15) is 4.79 Å². The molecule has 0 fully saturated rings. The molecule has 19 heavy (non-hydrogen) atoms. The van der Waals surface area contributed by atoms with Gasteiger partial charge in [-0.3, -0.25) is 0 Å². The van der Waals surface area contributed by atoms with E-state index in [1.54, 1.807) is 7.05 Å². The highest BCUT2D eigenvalue weighted by Crippen LogP contribution is 2.26. The van der Waals surface area contributed by atoms with E-state index in [1.165, 1.54) is 6.92 Å². The molecule has 2 heterocycles. The fourth-order valence-electron chi connectivity index (χ4n) is 1.92. The second kappa shape index (κ2) is 3.99.